The van der Waals surface area contributed by atoms with E-state index < -0.39 is 6.36 Å². The lowest BCUT2D eigenvalue weighted by Gasteiger charge is -2.16. The van der Waals surface area contributed by atoms with Crippen LogP contribution in [0, 0.1) is 0 Å². The van der Waals surface area contributed by atoms with Crippen LogP contribution in [0.5, 0.6) is 5.75 Å². The second-order valence-corrected chi connectivity index (χ2v) is 7.02. The van der Waals surface area contributed by atoms with Crippen molar-refractivity contribution in [1.82, 2.24) is 15.5 Å². The van der Waals surface area contributed by atoms with Crippen molar-refractivity contribution in [3.8, 4) is 5.75 Å². The summed E-state index contributed by atoms with van der Waals surface area (Å²) in [5.74, 6) is -0.428. The fourth-order valence-corrected chi connectivity index (χ4v) is 3.32. The molecule has 0 spiro atoms. The lowest BCUT2D eigenvalue weighted by Crippen LogP contribution is -2.38. The monoisotopic (exact) mass is 576 g/mol. The van der Waals surface area contributed by atoms with Crippen molar-refractivity contribution in [3.05, 3.63) is 65.2 Å². The van der Waals surface area contributed by atoms with Gasteiger partial charge in [-0.3, -0.25) is 19.5 Å². The van der Waals surface area contributed by atoms with E-state index in [-0.39, 0.29) is 48.1 Å². The van der Waals surface area contributed by atoms with E-state index in [0.717, 1.165) is 0 Å². The van der Waals surface area contributed by atoms with Crippen molar-refractivity contribution in [2.75, 3.05) is 20.1 Å². The molecule has 11 heteroatoms. The number of fused-ring (bicyclic) bond motifs is 1. The Hall–Kier alpha value is -2.83. The quantitative estimate of drug-likeness (QED) is 0.164. The number of imide groups is 1. The van der Waals surface area contributed by atoms with Gasteiger partial charge in [0.2, 0.25) is 0 Å². The van der Waals surface area contributed by atoms with Gasteiger partial charge in [-0.1, -0.05) is 30.3 Å². The molecular weight excluding hydrogens is 552 g/mol. The van der Waals surface area contributed by atoms with Gasteiger partial charge < -0.3 is 15.4 Å². The number of benzene rings is 2. The summed E-state index contributed by atoms with van der Waals surface area (Å²) in [5.41, 5.74) is 1.18. The van der Waals surface area contributed by atoms with Crippen LogP contribution in [0.3, 0.4) is 0 Å². The number of nitrogens with one attached hydrogen (secondary N) is 2. The topological polar surface area (TPSA) is 83.0 Å². The lowest BCUT2D eigenvalue weighted by atomic mass is 10.1. The number of hydrogen-bond donors (Lipinski definition) is 2. The number of para-hydroxylation sites is 1. The number of rotatable bonds is 8. The maximum absolute atomic E-state index is 12.5. The molecule has 0 aromatic heterocycles. The minimum Gasteiger partial charge on any atom is -0.405 e. The van der Waals surface area contributed by atoms with Crippen molar-refractivity contribution < 1.29 is 27.5 Å². The Balaban J connectivity index is 0.00000385. The Bertz CT molecular complexity index is 979. The van der Waals surface area contributed by atoms with E-state index in [1.165, 1.54) is 23.1 Å². The zero-order valence-electron chi connectivity index (χ0n) is 17.8. The maximum atomic E-state index is 12.5. The molecule has 0 saturated carbocycles. The standard InChI is InChI=1S/C22H23F3N4O3.HI/c1-26-21(28-14-15-8-2-5-11-18(15)32-22(23,24)25)27-12-6-7-13-29-19(30)16-9-3-4-10-17(16)20(29)31;/h2-5,8-11H,6-7,12-14H2,1H3,(H2,26,27,28);1H. The molecule has 3 rings (SSSR count). The van der Waals surface area contributed by atoms with Crippen LogP contribution in [0.4, 0.5) is 13.2 Å². The first kappa shape index (κ1) is 26.4. The molecule has 0 fully saturated rings. The van der Waals surface area contributed by atoms with Crippen LogP contribution in [0.2, 0.25) is 0 Å². The van der Waals surface area contributed by atoms with Crippen molar-refractivity contribution in [3.63, 3.8) is 0 Å². The summed E-state index contributed by atoms with van der Waals surface area (Å²) in [6.45, 7) is 0.896. The number of hydrogen-bond acceptors (Lipinski definition) is 4. The third-order valence-corrected chi connectivity index (χ3v) is 4.85. The first-order chi connectivity index (χ1) is 15.3. The molecule has 0 radical (unpaired) electrons. The van der Waals surface area contributed by atoms with Crippen molar-refractivity contribution in [2.24, 2.45) is 4.99 Å². The Morgan fingerprint density at radius 1 is 0.970 bits per heavy atom. The highest BCUT2D eigenvalue weighted by atomic mass is 127. The third-order valence-electron chi connectivity index (χ3n) is 4.85. The lowest BCUT2D eigenvalue weighted by molar-refractivity contribution is -0.274. The molecule has 1 heterocycles. The highest BCUT2D eigenvalue weighted by Gasteiger charge is 2.34. The van der Waals surface area contributed by atoms with Gasteiger partial charge in [0.1, 0.15) is 5.75 Å². The maximum Gasteiger partial charge on any atom is 0.573 e. The molecule has 1 aliphatic heterocycles. The Kier molecular flexibility index (Phi) is 9.50. The first-order valence-corrected chi connectivity index (χ1v) is 10.0. The highest BCUT2D eigenvalue weighted by molar-refractivity contribution is 14.0. The van der Waals surface area contributed by atoms with Gasteiger partial charge in [-0.05, 0) is 31.0 Å². The van der Waals surface area contributed by atoms with Crippen LogP contribution < -0.4 is 15.4 Å². The molecule has 0 bridgehead atoms. The van der Waals surface area contributed by atoms with Gasteiger partial charge in [-0.15, -0.1) is 37.1 Å². The molecule has 2 aromatic carbocycles. The molecular formula is C22H24F3IN4O3. The molecule has 2 amide bonds. The molecule has 2 aromatic rings. The van der Waals surface area contributed by atoms with E-state index in [2.05, 4.69) is 20.4 Å². The van der Waals surface area contributed by atoms with E-state index >= 15 is 0 Å². The predicted molar refractivity (Wildman–Crippen MR) is 128 cm³/mol. The molecule has 0 unspecified atom stereocenters. The predicted octanol–water partition coefficient (Wildman–Crippen LogP) is 3.94. The zero-order valence-corrected chi connectivity index (χ0v) is 20.1. The summed E-state index contributed by atoms with van der Waals surface area (Å²) in [6, 6.07) is 12.6. The number of amides is 2. The van der Waals surface area contributed by atoms with Gasteiger partial charge in [0.25, 0.3) is 11.8 Å². The Morgan fingerprint density at radius 3 is 2.18 bits per heavy atom. The largest absolute Gasteiger partial charge is 0.573 e. The summed E-state index contributed by atoms with van der Waals surface area (Å²) < 4.78 is 41.7. The number of nitrogens with zero attached hydrogens (tertiary/aromatic N) is 2. The average molecular weight is 576 g/mol. The summed E-state index contributed by atoms with van der Waals surface area (Å²) >= 11 is 0. The van der Waals surface area contributed by atoms with E-state index in [4.69, 9.17) is 0 Å². The smallest absolute Gasteiger partial charge is 0.405 e. The number of carbonyl (C=O) groups is 2. The number of carbonyl (C=O) groups excluding carboxylic acids is 2. The normalized spacial score (nSPS) is 13.5. The number of alkyl halides is 3. The fraction of sp³-hybridized carbons (Fsp3) is 0.318. The summed E-state index contributed by atoms with van der Waals surface area (Å²) in [6.07, 6.45) is -3.52. The minimum atomic E-state index is -4.77. The number of aliphatic imine (C=N–C) groups is 1. The van der Waals surface area contributed by atoms with Gasteiger partial charge >= 0.3 is 6.36 Å². The van der Waals surface area contributed by atoms with Crippen LogP contribution in [0.25, 0.3) is 0 Å². The summed E-state index contributed by atoms with van der Waals surface area (Å²) in [4.78, 5) is 30.0. The van der Waals surface area contributed by atoms with Gasteiger partial charge in [-0.25, -0.2) is 0 Å². The van der Waals surface area contributed by atoms with E-state index in [1.54, 1.807) is 37.4 Å². The number of guanidine groups is 1. The van der Waals surface area contributed by atoms with Crippen LogP contribution in [-0.2, 0) is 6.54 Å². The van der Waals surface area contributed by atoms with Gasteiger partial charge in [0.05, 0.1) is 11.1 Å². The van der Waals surface area contributed by atoms with E-state index in [9.17, 15) is 22.8 Å². The molecule has 7 nitrogen and oxygen atoms in total. The van der Waals surface area contributed by atoms with Gasteiger partial charge in [-0.2, -0.15) is 0 Å². The molecule has 33 heavy (non-hydrogen) atoms. The molecule has 1 aliphatic rings. The molecule has 2 N–H and O–H groups in total. The Labute approximate surface area is 206 Å². The van der Waals surface area contributed by atoms with Gasteiger partial charge in [0.15, 0.2) is 5.96 Å². The summed E-state index contributed by atoms with van der Waals surface area (Å²) in [7, 11) is 1.55. The van der Waals surface area contributed by atoms with Crippen molar-refractivity contribution >= 4 is 41.8 Å². The molecule has 0 atom stereocenters. The minimum absolute atomic E-state index is 0. The Morgan fingerprint density at radius 2 is 1.58 bits per heavy atom. The number of ether oxygens (including phenoxy) is 1. The SMILES string of the molecule is CN=C(NCCCCN1C(=O)c2ccccc2C1=O)NCc1ccccc1OC(F)(F)F.I. The summed E-state index contributed by atoms with van der Waals surface area (Å²) in [5, 5.41) is 6.00. The fourth-order valence-electron chi connectivity index (χ4n) is 3.32. The molecule has 0 aliphatic carbocycles. The van der Waals surface area contributed by atoms with E-state index in [0.29, 0.717) is 48.6 Å². The second-order valence-electron chi connectivity index (χ2n) is 7.02. The zero-order chi connectivity index (χ0) is 23.1. The van der Waals surface area contributed by atoms with Crippen molar-refractivity contribution in [1.29, 1.82) is 0 Å². The number of unbranched alkanes of at least 4 members (excludes halogenated alkanes) is 1. The highest BCUT2D eigenvalue weighted by Crippen LogP contribution is 2.26. The average Bonchev–Trinajstić information content (AvgIpc) is 3.00. The van der Waals surface area contributed by atoms with Crippen LogP contribution in [0.15, 0.2) is 53.5 Å². The van der Waals surface area contributed by atoms with Crippen LogP contribution in [-0.4, -0.2) is 49.2 Å². The first-order valence-electron chi connectivity index (χ1n) is 10.0. The van der Waals surface area contributed by atoms with Crippen LogP contribution in [0.1, 0.15) is 39.1 Å². The van der Waals surface area contributed by atoms with Crippen molar-refractivity contribution in [2.45, 2.75) is 25.7 Å². The van der Waals surface area contributed by atoms with E-state index in [1.807, 2.05) is 0 Å². The number of halogens is 4. The molecule has 178 valence electrons. The molecule has 0 saturated heterocycles. The van der Waals surface area contributed by atoms with Gasteiger partial charge in [0, 0.05) is 32.2 Å². The second kappa shape index (κ2) is 11.9. The van der Waals surface area contributed by atoms with Crippen LogP contribution >= 0.6 is 24.0 Å². The third kappa shape index (κ3) is 7.07.